The van der Waals surface area contributed by atoms with Gasteiger partial charge in [-0.25, -0.2) is 4.99 Å². The van der Waals surface area contributed by atoms with Crippen LogP contribution >= 0.6 is 11.6 Å². The molecule has 1 aliphatic heterocycles. The van der Waals surface area contributed by atoms with E-state index in [4.69, 9.17) is 16.3 Å². The maximum atomic E-state index is 6.03. The Balaban J connectivity index is 2.23. The molecule has 4 heteroatoms. The summed E-state index contributed by atoms with van der Waals surface area (Å²) in [6.07, 6.45) is 0. The third-order valence-corrected chi connectivity index (χ3v) is 2.35. The quantitative estimate of drug-likeness (QED) is 0.773. The van der Waals surface area contributed by atoms with E-state index in [1.807, 2.05) is 25.1 Å². The number of aliphatic imine (C=N–C) groups is 1. The van der Waals surface area contributed by atoms with Gasteiger partial charge in [-0.05, 0) is 18.6 Å². The van der Waals surface area contributed by atoms with Crippen LogP contribution in [-0.4, -0.2) is 19.2 Å². The van der Waals surface area contributed by atoms with Crippen LogP contribution in [0, 0.1) is 6.92 Å². The van der Waals surface area contributed by atoms with Crippen molar-refractivity contribution in [1.29, 1.82) is 0 Å². The average molecular weight is 211 g/mol. The lowest BCUT2D eigenvalue weighted by atomic mass is 10.2. The number of halogens is 1. The third kappa shape index (κ3) is 1.82. The van der Waals surface area contributed by atoms with Gasteiger partial charge in [0.2, 0.25) is 0 Å². The molecule has 14 heavy (non-hydrogen) atoms. The Labute approximate surface area is 87.7 Å². The minimum Gasteiger partial charge on any atom is -0.463 e. The summed E-state index contributed by atoms with van der Waals surface area (Å²) in [5, 5.41) is 3.76. The normalized spacial score (nSPS) is 14.9. The summed E-state index contributed by atoms with van der Waals surface area (Å²) in [6.45, 7) is 3.35. The van der Waals surface area contributed by atoms with E-state index in [1.165, 1.54) is 0 Å². The van der Waals surface area contributed by atoms with Crippen molar-refractivity contribution in [1.82, 2.24) is 0 Å². The predicted molar refractivity (Wildman–Crippen MR) is 58.1 cm³/mol. The summed E-state index contributed by atoms with van der Waals surface area (Å²) in [7, 11) is 0. The molecule has 2 rings (SSSR count). The Hall–Kier alpha value is -1.22. The number of hydrogen-bond donors (Lipinski definition) is 1. The second kappa shape index (κ2) is 3.88. The zero-order valence-corrected chi connectivity index (χ0v) is 8.64. The molecule has 0 radical (unpaired) electrons. The molecule has 1 aromatic rings. The van der Waals surface area contributed by atoms with E-state index in [9.17, 15) is 0 Å². The summed E-state index contributed by atoms with van der Waals surface area (Å²) >= 11 is 6.03. The van der Waals surface area contributed by atoms with Crippen molar-refractivity contribution in [3.63, 3.8) is 0 Å². The fourth-order valence-corrected chi connectivity index (χ4v) is 1.58. The molecule has 0 unspecified atom stereocenters. The van der Waals surface area contributed by atoms with Gasteiger partial charge in [-0.2, -0.15) is 0 Å². The molecule has 0 aliphatic carbocycles. The van der Waals surface area contributed by atoms with E-state index in [0.29, 0.717) is 24.2 Å². The van der Waals surface area contributed by atoms with E-state index < -0.39 is 0 Å². The van der Waals surface area contributed by atoms with Gasteiger partial charge in [0.1, 0.15) is 6.61 Å². The van der Waals surface area contributed by atoms with Crippen molar-refractivity contribution in [3.8, 4) is 0 Å². The zero-order chi connectivity index (χ0) is 9.97. The highest BCUT2D eigenvalue weighted by Gasteiger charge is 2.10. The van der Waals surface area contributed by atoms with Gasteiger partial charge in [-0.3, -0.25) is 0 Å². The standard InChI is InChI=1S/C10H11ClN2O/c1-7-3-2-4-8(11)9(7)13-10-12-5-6-14-10/h2-4H,5-6H2,1H3,(H,12,13). The second-order valence-corrected chi connectivity index (χ2v) is 3.50. The molecule has 0 amide bonds. The van der Waals surface area contributed by atoms with Gasteiger partial charge in [-0.1, -0.05) is 23.7 Å². The number of aryl methyl sites for hydroxylation is 1. The summed E-state index contributed by atoms with van der Waals surface area (Å²) in [6, 6.07) is 6.30. The molecule has 0 aromatic heterocycles. The SMILES string of the molecule is Cc1cccc(Cl)c1NC1=NCCO1. The van der Waals surface area contributed by atoms with Gasteiger partial charge >= 0.3 is 0 Å². The predicted octanol–water partition coefficient (Wildman–Crippen LogP) is 2.45. The highest BCUT2D eigenvalue weighted by atomic mass is 35.5. The maximum absolute atomic E-state index is 6.03. The molecular weight excluding hydrogens is 200 g/mol. The molecule has 0 saturated carbocycles. The van der Waals surface area contributed by atoms with Gasteiger partial charge in [0.15, 0.2) is 0 Å². The molecule has 0 atom stereocenters. The van der Waals surface area contributed by atoms with E-state index in [-0.39, 0.29) is 0 Å². The molecule has 1 N–H and O–H groups in total. The molecule has 1 aliphatic rings. The number of benzene rings is 1. The van der Waals surface area contributed by atoms with Crippen LogP contribution in [0.3, 0.4) is 0 Å². The van der Waals surface area contributed by atoms with Crippen molar-refractivity contribution in [2.24, 2.45) is 4.99 Å². The van der Waals surface area contributed by atoms with Crippen molar-refractivity contribution in [3.05, 3.63) is 28.8 Å². The maximum Gasteiger partial charge on any atom is 0.289 e. The van der Waals surface area contributed by atoms with E-state index in [0.717, 1.165) is 11.3 Å². The van der Waals surface area contributed by atoms with Crippen LogP contribution in [0.15, 0.2) is 23.2 Å². The Kier molecular flexibility index (Phi) is 2.59. The number of nitrogens with one attached hydrogen (secondary N) is 1. The number of nitrogens with zero attached hydrogens (tertiary/aromatic N) is 1. The first-order chi connectivity index (χ1) is 6.77. The highest BCUT2D eigenvalue weighted by Crippen LogP contribution is 2.25. The Bertz CT molecular complexity index is 356. The van der Waals surface area contributed by atoms with E-state index >= 15 is 0 Å². The fourth-order valence-electron chi connectivity index (χ4n) is 1.31. The number of anilines is 1. The molecule has 1 aromatic carbocycles. The van der Waals surface area contributed by atoms with Crippen LogP contribution < -0.4 is 5.32 Å². The Morgan fingerprint density at radius 3 is 3.00 bits per heavy atom. The lowest BCUT2D eigenvalue weighted by Gasteiger charge is -2.10. The summed E-state index contributed by atoms with van der Waals surface area (Å²) in [5.41, 5.74) is 1.95. The highest BCUT2D eigenvalue weighted by molar-refractivity contribution is 6.33. The lowest BCUT2D eigenvalue weighted by Crippen LogP contribution is -2.12. The minimum atomic E-state index is 0.557. The topological polar surface area (TPSA) is 33.6 Å². The van der Waals surface area contributed by atoms with Crippen LogP contribution in [0.25, 0.3) is 0 Å². The van der Waals surface area contributed by atoms with Crippen molar-refractivity contribution in [2.45, 2.75) is 6.92 Å². The first-order valence-corrected chi connectivity index (χ1v) is 4.84. The molecular formula is C10H11ClN2O. The van der Waals surface area contributed by atoms with Crippen molar-refractivity contribution < 1.29 is 4.74 Å². The number of ether oxygens (including phenoxy) is 1. The molecule has 1 heterocycles. The van der Waals surface area contributed by atoms with Gasteiger partial charge in [0.05, 0.1) is 17.3 Å². The minimum absolute atomic E-state index is 0.557. The zero-order valence-electron chi connectivity index (χ0n) is 7.88. The second-order valence-electron chi connectivity index (χ2n) is 3.09. The van der Waals surface area contributed by atoms with Crippen LogP contribution in [0.1, 0.15) is 5.56 Å². The third-order valence-electron chi connectivity index (χ3n) is 2.04. The van der Waals surface area contributed by atoms with Crippen molar-refractivity contribution in [2.75, 3.05) is 18.5 Å². The number of amidine groups is 1. The molecule has 74 valence electrons. The van der Waals surface area contributed by atoms with Crippen LogP contribution in [0.2, 0.25) is 5.02 Å². The monoisotopic (exact) mass is 210 g/mol. The van der Waals surface area contributed by atoms with E-state index in [1.54, 1.807) is 0 Å². The first kappa shape index (κ1) is 9.34. The average Bonchev–Trinajstić information content (AvgIpc) is 2.64. The van der Waals surface area contributed by atoms with Gasteiger partial charge < -0.3 is 10.1 Å². The molecule has 0 fully saturated rings. The van der Waals surface area contributed by atoms with Crippen LogP contribution in [-0.2, 0) is 4.74 Å². The fraction of sp³-hybridized carbons (Fsp3) is 0.300. The number of para-hydroxylation sites is 1. The van der Waals surface area contributed by atoms with Crippen LogP contribution in [0.5, 0.6) is 0 Å². The van der Waals surface area contributed by atoms with Gasteiger partial charge in [0.25, 0.3) is 6.02 Å². The number of hydrogen-bond acceptors (Lipinski definition) is 3. The van der Waals surface area contributed by atoms with Crippen molar-refractivity contribution >= 4 is 23.3 Å². The molecule has 0 bridgehead atoms. The summed E-state index contributed by atoms with van der Waals surface area (Å²) in [4.78, 5) is 4.14. The lowest BCUT2D eigenvalue weighted by molar-refractivity contribution is 0.346. The smallest absolute Gasteiger partial charge is 0.289 e. The summed E-state index contributed by atoms with van der Waals surface area (Å²) < 4.78 is 5.25. The largest absolute Gasteiger partial charge is 0.463 e. The van der Waals surface area contributed by atoms with E-state index in [2.05, 4.69) is 10.3 Å². The Morgan fingerprint density at radius 2 is 2.36 bits per heavy atom. The molecule has 3 nitrogen and oxygen atoms in total. The van der Waals surface area contributed by atoms with Gasteiger partial charge in [-0.15, -0.1) is 0 Å². The van der Waals surface area contributed by atoms with Gasteiger partial charge in [0, 0.05) is 0 Å². The first-order valence-electron chi connectivity index (χ1n) is 4.47. The van der Waals surface area contributed by atoms with Crippen LogP contribution in [0.4, 0.5) is 5.69 Å². The molecule has 0 spiro atoms. The number of rotatable bonds is 1. The summed E-state index contributed by atoms with van der Waals surface area (Å²) in [5.74, 6) is 0. The molecule has 0 saturated heterocycles. The Morgan fingerprint density at radius 1 is 1.50 bits per heavy atom.